The molecule has 0 atom stereocenters. The van der Waals surface area contributed by atoms with E-state index in [0.717, 1.165) is 4.68 Å². The maximum Gasteiger partial charge on any atom is 0.292 e. The third-order valence-corrected chi connectivity index (χ3v) is 5.26. The van der Waals surface area contributed by atoms with Crippen LogP contribution in [0.3, 0.4) is 0 Å². The summed E-state index contributed by atoms with van der Waals surface area (Å²) in [7, 11) is 0. The number of anilines is 1. The molecule has 4 aromatic rings. The van der Waals surface area contributed by atoms with E-state index in [2.05, 4.69) is 67.6 Å². The molecular weight excluding hydrogens is 536 g/mol. The Morgan fingerprint density at radius 1 is 1.19 bits per heavy atom. The third kappa shape index (κ3) is 4.18. The molecule has 4 rings (SSSR count). The van der Waals surface area contributed by atoms with E-state index >= 15 is 0 Å². The number of carbonyl (C=O) groups is 1. The molecule has 31 heavy (non-hydrogen) atoms. The number of nitrogen functional groups attached to an aromatic ring is 1. The van der Waals surface area contributed by atoms with Crippen molar-refractivity contribution in [3.8, 4) is 22.8 Å². The van der Waals surface area contributed by atoms with Gasteiger partial charge in [-0.15, -0.1) is 5.10 Å². The standard InChI is InChI=1S/C18H12Br2N8O3/c19-11-6-9(7-12(20)15(11)29)8-22-24-18(30)14-13(10-4-2-1-3-5-10)23-27-28(14)17-16(21)25-31-26-17/h1-8,29H,(H2,21,25)(H,24,30)/b22-8-. The number of hydrazone groups is 1. The first kappa shape index (κ1) is 20.7. The van der Waals surface area contributed by atoms with Crippen molar-refractivity contribution < 1.29 is 14.5 Å². The van der Waals surface area contributed by atoms with E-state index in [1.807, 2.05) is 6.07 Å². The Kier molecular flexibility index (Phi) is 5.77. The van der Waals surface area contributed by atoms with Gasteiger partial charge in [-0.1, -0.05) is 35.5 Å². The van der Waals surface area contributed by atoms with E-state index in [1.165, 1.54) is 6.21 Å². The number of carbonyl (C=O) groups excluding carboxylic acids is 1. The topological polar surface area (TPSA) is 157 Å². The van der Waals surface area contributed by atoms with Crippen molar-refractivity contribution in [1.29, 1.82) is 0 Å². The predicted octanol–water partition coefficient (Wildman–Crippen LogP) is 2.89. The lowest BCUT2D eigenvalue weighted by atomic mass is 10.1. The second kappa shape index (κ2) is 8.65. The quantitative estimate of drug-likeness (QED) is 0.254. The molecule has 4 N–H and O–H groups in total. The molecule has 156 valence electrons. The maximum atomic E-state index is 13.0. The van der Waals surface area contributed by atoms with E-state index in [1.54, 1.807) is 36.4 Å². The molecule has 2 heterocycles. The number of amides is 1. The summed E-state index contributed by atoms with van der Waals surface area (Å²) < 4.78 is 6.69. The van der Waals surface area contributed by atoms with Crippen LogP contribution in [0.2, 0.25) is 0 Å². The predicted molar refractivity (Wildman–Crippen MR) is 118 cm³/mol. The van der Waals surface area contributed by atoms with Gasteiger partial charge in [0.15, 0.2) is 5.69 Å². The minimum Gasteiger partial charge on any atom is -0.506 e. The van der Waals surface area contributed by atoms with Gasteiger partial charge in [0.1, 0.15) is 11.4 Å². The van der Waals surface area contributed by atoms with Crippen molar-refractivity contribution in [1.82, 2.24) is 30.7 Å². The number of nitrogens with one attached hydrogen (secondary N) is 1. The normalized spacial score (nSPS) is 11.2. The Hall–Kier alpha value is -3.58. The molecule has 2 aromatic heterocycles. The first-order valence-corrected chi connectivity index (χ1v) is 10.1. The monoisotopic (exact) mass is 546 g/mol. The van der Waals surface area contributed by atoms with Crippen LogP contribution in [0.4, 0.5) is 5.82 Å². The average Bonchev–Trinajstić information content (AvgIpc) is 3.38. The Morgan fingerprint density at radius 3 is 2.55 bits per heavy atom. The fourth-order valence-corrected chi connectivity index (χ4v) is 3.86. The summed E-state index contributed by atoms with van der Waals surface area (Å²) in [6, 6.07) is 12.3. The molecule has 0 saturated carbocycles. The molecule has 11 nitrogen and oxygen atoms in total. The Balaban J connectivity index is 1.68. The molecule has 13 heteroatoms. The fourth-order valence-electron chi connectivity index (χ4n) is 2.64. The average molecular weight is 548 g/mol. The van der Waals surface area contributed by atoms with Gasteiger partial charge in [0, 0.05) is 5.56 Å². The smallest absolute Gasteiger partial charge is 0.292 e. The highest BCUT2D eigenvalue weighted by Gasteiger charge is 2.25. The Bertz CT molecular complexity index is 1260. The molecule has 1 amide bonds. The van der Waals surface area contributed by atoms with Crippen LogP contribution < -0.4 is 11.2 Å². The van der Waals surface area contributed by atoms with Crippen LogP contribution in [-0.2, 0) is 0 Å². The lowest BCUT2D eigenvalue weighted by molar-refractivity contribution is 0.0948. The number of halogens is 2. The second-order valence-corrected chi connectivity index (χ2v) is 7.78. The molecule has 0 aliphatic carbocycles. The molecular formula is C18H12Br2N8O3. The van der Waals surface area contributed by atoms with Crippen LogP contribution in [0.5, 0.6) is 5.75 Å². The number of hydrogen-bond donors (Lipinski definition) is 3. The van der Waals surface area contributed by atoms with Crippen molar-refractivity contribution >= 4 is 49.8 Å². The fraction of sp³-hybridized carbons (Fsp3) is 0. The van der Waals surface area contributed by atoms with Crippen LogP contribution in [0, 0.1) is 0 Å². The molecule has 0 fully saturated rings. The van der Waals surface area contributed by atoms with Crippen LogP contribution in [0.25, 0.3) is 17.1 Å². The van der Waals surface area contributed by atoms with Crippen molar-refractivity contribution in [3.05, 3.63) is 62.7 Å². The number of hydrogen-bond acceptors (Lipinski definition) is 9. The maximum absolute atomic E-state index is 13.0. The lowest BCUT2D eigenvalue weighted by Crippen LogP contribution is -2.22. The van der Waals surface area contributed by atoms with Gasteiger partial charge in [-0.25, -0.2) is 10.1 Å². The summed E-state index contributed by atoms with van der Waals surface area (Å²) in [5.74, 6) is -0.585. The van der Waals surface area contributed by atoms with Crippen LogP contribution in [0.15, 0.2) is 61.1 Å². The first-order valence-electron chi connectivity index (χ1n) is 8.56. The second-order valence-electron chi connectivity index (χ2n) is 6.07. The largest absolute Gasteiger partial charge is 0.506 e. The Labute approximate surface area is 191 Å². The number of aromatic hydroxyl groups is 1. The molecule has 0 radical (unpaired) electrons. The summed E-state index contributed by atoms with van der Waals surface area (Å²) in [4.78, 5) is 13.0. The van der Waals surface area contributed by atoms with Crippen molar-refractivity contribution in [2.75, 3.05) is 5.73 Å². The summed E-state index contributed by atoms with van der Waals surface area (Å²) in [5.41, 5.74) is 9.81. The molecule has 0 spiro atoms. The van der Waals surface area contributed by atoms with Gasteiger partial charge in [-0.05, 0) is 59.9 Å². The highest BCUT2D eigenvalue weighted by Crippen LogP contribution is 2.32. The number of phenols is 1. The van der Waals surface area contributed by atoms with E-state index in [-0.39, 0.29) is 23.1 Å². The molecule has 0 aliphatic heterocycles. The van der Waals surface area contributed by atoms with Gasteiger partial charge in [0.2, 0.25) is 11.6 Å². The minimum atomic E-state index is -0.612. The van der Waals surface area contributed by atoms with E-state index in [9.17, 15) is 9.90 Å². The number of rotatable bonds is 5. The number of nitrogens with zero attached hydrogens (tertiary/aromatic N) is 6. The highest BCUT2D eigenvalue weighted by molar-refractivity contribution is 9.11. The number of aromatic nitrogens is 5. The number of phenolic OH excluding ortho intramolecular Hbond substituents is 1. The van der Waals surface area contributed by atoms with Gasteiger partial charge < -0.3 is 10.8 Å². The van der Waals surface area contributed by atoms with Crippen molar-refractivity contribution in [2.45, 2.75) is 0 Å². The zero-order valence-electron chi connectivity index (χ0n) is 15.4. The van der Waals surface area contributed by atoms with Crippen molar-refractivity contribution in [3.63, 3.8) is 0 Å². The number of nitrogens with two attached hydrogens (primary N) is 1. The van der Waals surface area contributed by atoms with Crippen LogP contribution in [-0.4, -0.2) is 42.5 Å². The van der Waals surface area contributed by atoms with E-state index in [4.69, 9.17) is 5.73 Å². The first-order chi connectivity index (χ1) is 15.0. The zero-order valence-corrected chi connectivity index (χ0v) is 18.6. The summed E-state index contributed by atoms with van der Waals surface area (Å²) in [5, 5.41) is 29.1. The molecule has 0 bridgehead atoms. The SMILES string of the molecule is Nc1nonc1-n1nnc(-c2ccccc2)c1C(=O)N/N=C\c1cc(Br)c(O)c(Br)c1. The van der Waals surface area contributed by atoms with Gasteiger partial charge in [0.25, 0.3) is 5.91 Å². The molecule has 2 aromatic carbocycles. The van der Waals surface area contributed by atoms with Crippen molar-refractivity contribution in [2.24, 2.45) is 5.10 Å². The van der Waals surface area contributed by atoms with E-state index < -0.39 is 5.91 Å². The number of benzene rings is 2. The third-order valence-electron chi connectivity index (χ3n) is 4.05. The summed E-state index contributed by atoms with van der Waals surface area (Å²) >= 11 is 6.48. The van der Waals surface area contributed by atoms with Gasteiger partial charge in [0.05, 0.1) is 15.2 Å². The highest BCUT2D eigenvalue weighted by atomic mass is 79.9. The molecule has 0 aliphatic rings. The summed E-state index contributed by atoms with van der Waals surface area (Å²) in [6.45, 7) is 0. The summed E-state index contributed by atoms with van der Waals surface area (Å²) in [6.07, 6.45) is 1.41. The minimum absolute atomic E-state index is 0.0233. The van der Waals surface area contributed by atoms with Gasteiger partial charge >= 0.3 is 0 Å². The van der Waals surface area contributed by atoms with Gasteiger partial charge in [-0.3, -0.25) is 4.79 Å². The van der Waals surface area contributed by atoms with E-state index in [0.29, 0.717) is 25.8 Å². The van der Waals surface area contributed by atoms with Crippen LogP contribution >= 0.6 is 31.9 Å². The van der Waals surface area contributed by atoms with Gasteiger partial charge in [-0.2, -0.15) is 9.78 Å². The lowest BCUT2D eigenvalue weighted by Gasteiger charge is -2.05. The zero-order chi connectivity index (χ0) is 22.0. The Morgan fingerprint density at radius 2 is 1.90 bits per heavy atom. The van der Waals surface area contributed by atoms with Crippen LogP contribution in [0.1, 0.15) is 16.1 Å². The molecule has 0 saturated heterocycles. The molecule has 0 unspecified atom stereocenters.